The molecule has 0 aliphatic rings. The fourth-order valence-electron chi connectivity index (χ4n) is 1.52. The van der Waals surface area contributed by atoms with Crippen LogP contribution in [0.5, 0.6) is 5.75 Å². The summed E-state index contributed by atoms with van der Waals surface area (Å²) in [6.07, 6.45) is 0. The number of anilines is 1. The molecule has 110 valence electrons. The summed E-state index contributed by atoms with van der Waals surface area (Å²) in [5.41, 5.74) is 5.52. The number of carbonyl (C=O) groups is 1. The number of nitrogens with two attached hydrogens (primary N) is 1. The molecule has 0 saturated heterocycles. The lowest BCUT2D eigenvalue weighted by molar-refractivity contribution is -0.385. The maximum absolute atomic E-state index is 12.0. The van der Waals surface area contributed by atoms with Gasteiger partial charge >= 0.3 is 5.69 Å². The Morgan fingerprint density at radius 3 is 2.50 bits per heavy atom. The van der Waals surface area contributed by atoms with E-state index in [-0.39, 0.29) is 11.4 Å². The Morgan fingerprint density at radius 2 is 2.05 bits per heavy atom. The summed E-state index contributed by atoms with van der Waals surface area (Å²) < 4.78 is 4.89. The van der Waals surface area contributed by atoms with Gasteiger partial charge in [-0.1, -0.05) is 20.8 Å². The van der Waals surface area contributed by atoms with Gasteiger partial charge in [0.2, 0.25) is 5.91 Å². The van der Waals surface area contributed by atoms with Gasteiger partial charge in [0.15, 0.2) is 5.75 Å². The van der Waals surface area contributed by atoms with Crippen LogP contribution < -0.4 is 15.8 Å². The highest BCUT2D eigenvalue weighted by Crippen LogP contribution is 2.30. The van der Waals surface area contributed by atoms with Crippen molar-refractivity contribution >= 4 is 17.3 Å². The minimum atomic E-state index is -0.719. The van der Waals surface area contributed by atoms with Crippen molar-refractivity contribution in [2.45, 2.75) is 26.8 Å². The lowest BCUT2D eigenvalue weighted by Gasteiger charge is -2.25. The van der Waals surface area contributed by atoms with Crippen molar-refractivity contribution in [1.82, 2.24) is 0 Å². The van der Waals surface area contributed by atoms with Crippen LogP contribution in [0.25, 0.3) is 0 Å². The molecular weight excluding hydrogens is 262 g/mol. The van der Waals surface area contributed by atoms with Gasteiger partial charge in [-0.15, -0.1) is 0 Å². The van der Waals surface area contributed by atoms with Gasteiger partial charge in [-0.05, 0) is 17.5 Å². The number of ether oxygens (including phenoxy) is 1. The molecule has 1 atom stereocenters. The molecule has 7 heteroatoms. The number of nitro groups is 1. The fraction of sp³-hybridized carbons (Fsp3) is 0.462. The molecular formula is C13H19N3O4. The monoisotopic (exact) mass is 281 g/mol. The predicted molar refractivity (Wildman–Crippen MR) is 75.7 cm³/mol. The number of nitrogens with zero attached hydrogens (tertiary/aromatic N) is 1. The number of nitro benzene ring substituents is 1. The summed E-state index contributed by atoms with van der Waals surface area (Å²) in [7, 11) is 1.34. The molecule has 0 aliphatic carbocycles. The molecule has 0 aromatic heterocycles. The molecule has 0 saturated carbocycles. The summed E-state index contributed by atoms with van der Waals surface area (Å²) in [5, 5.41) is 13.5. The number of hydrogen-bond acceptors (Lipinski definition) is 5. The second-order valence-corrected chi connectivity index (χ2v) is 5.48. The molecule has 1 rings (SSSR count). The standard InChI is InChI=1S/C13H19N3O4/c1-13(2,3)11(14)12(17)15-8-5-6-10(20-4)9(7-8)16(18)19/h5-7,11H,14H2,1-4H3,(H,15,17)/t11-/m0/s1. The third kappa shape index (κ3) is 3.67. The third-order valence-corrected chi connectivity index (χ3v) is 2.86. The Kier molecular flexibility index (Phi) is 4.67. The van der Waals surface area contributed by atoms with E-state index in [4.69, 9.17) is 10.5 Å². The van der Waals surface area contributed by atoms with Crippen molar-refractivity contribution in [2.24, 2.45) is 11.1 Å². The Labute approximate surface area is 117 Å². The Bertz CT molecular complexity index is 523. The maximum atomic E-state index is 12.0. The number of amides is 1. The lowest BCUT2D eigenvalue weighted by Crippen LogP contribution is -2.45. The Balaban J connectivity index is 2.97. The molecule has 0 fully saturated rings. The minimum Gasteiger partial charge on any atom is -0.490 e. The van der Waals surface area contributed by atoms with E-state index in [0.717, 1.165) is 0 Å². The van der Waals surface area contributed by atoms with Gasteiger partial charge in [0.1, 0.15) is 0 Å². The quantitative estimate of drug-likeness (QED) is 0.647. The van der Waals surface area contributed by atoms with Crippen molar-refractivity contribution in [1.29, 1.82) is 0 Å². The van der Waals surface area contributed by atoms with Gasteiger partial charge in [0.25, 0.3) is 0 Å². The number of carbonyl (C=O) groups excluding carboxylic acids is 1. The van der Waals surface area contributed by atoms with Gasteiger partial charge in [-0.25, -0.2) is 0 Å². The molecule has 1 aromatic rings. The number of benzene rings is 1. The number of methoxy groups -OCH3 is 1. The van der Waals surface area contributed by atoms with Crippen LogP contribution in [0.1, 0.15) is 20.8 Å². The van der Waals surface area contributed by atoms with Crippen molar-refractivity contribution in [3.8, 4) is 5.75 Å². The zero-order chi connectivity index (χ0) is 15.5. The summed E-state index contributed by atoms with van der Waals surface area (Å²) in [6, 6.07) is 3.48. The number of hydrogen-bond donors (Lipinski definition) is 2. The first-order valence-electron chi connectivity index (χ1n) is 6.05. The molecule has 3 N–H and O–H groups in total. The zero-order valence-electron chi connectivity index (χ0n) is 12.0. The van der Waals surface area contributed by atoms with E-state index < -0.39 is 22.3 Å². The fourth-order valence-corrected chi connectivity index (χ4v) is 1.52. The summed E-state index contributed by atoms with van der Waals surface area (Å²) >= 11 is 0. The Morgan fingerprint density at radius 1 is 1.45 bits per heavy atom. The first-order chi connectivity index (χ1) is 9.16. The van der Waals surface area contributed by atoms with Crippen LogP contribution in [0.3, 0.4) is 0 Å². The molecule has 1 aromatic carbocycles. The third-order valence-electron chi connectivity index (χ3n) is 2.86. The minimum absolute atomic E-state index is 0.133. The van der Waals surface area contributed by atoms with Crippen LogP contribution in [-0.4, -0.2) is 24.0 Å². The van der Waals surface area contributed by atoms with E-state index in [1.807, 2.05) is 20.8 Å². The van der Waals surface area contributed by atoms with Crippen LogP contribution >= 0.6 is 0 Å². The van der Waals surface area contributed by atoms with E-state index in [1.165, 1.54) is 25.3 Å². The topological polar surface area (TPSA) is 107 Å². The summed E-state index contributed by atoms with van der Waals surface area (Å²) in [5.74, 6) is -0.259. The first kappa shape index (κ1) is 15.9. The largest absolute Gasteiger partial charge is 0.490 e. The highest BCUT2D eigenvalue weighted by atomic mass is 16.6. The normalized spacial score (nSPS) is 12.7. The second kappa shape index (κ2) is 5.87. The van der Waals surface area contributed by atoms with Crippen LogP contribution in [0, 0.1) is 15.5 Å². The smallest absolute Gasteiger partial charge is 0.312 e. The van der Waals surface area contributed by atoms with E-state index in [1.54, 1.807) is 0 Å². The predicted octanol–water partition coefficient (Wildman–Crippen LogP) is 1.92. The van der Waals surface area contributed by atoms with Gasteiger partial charge < -0.3 is 15.8 Å². The summed E-state index contributed by atoms with van der Waals surface area (Å²) in [4.78, 5) is 22.3. The zero-order valence-corrected chi connectivity index (χ0v) is 12.0. The van der Waals surface area contributed by atoms with Crippen molar-refractivity contribution in [2.75, 3.05) is 12.4 Å². The second-order valence-electron chi connectivity index (χ2n) is 5.48. The van der Waals surface area contributed by atoms with E-state index in [0.29, 0.717) is 5.69 Å². The van der Waals surface area contributed by atoms with E-state index in [9.17, 15) is 14.9 Å². The van der Waals surface area contributed by atoms with Gasteiger partial charge in [-0.2, -0.15) is 0 Å². The maximum Gasteiger partial charge on any atom is 0.312 e. The molecule has 0 aliphatic heterocycles. The average molecular weight is 281 g/mol. The van der Waals surface area contributed by atoms with E-state index >= 15 is 0 Å². The summed E-state index contributed by atoms with van der Waals surface area (Å²) in [6.45, 7) is 5.52. The van der Waals surface area contributed by atoms with Gasteiger partial charge in [-0.3, -0.25) is 14.9 Å². The highest BCUT2D eigenvalue weighted by Gasteiger charge is 2.28. The molecule has 0 heterocycles. The van der Waals surface area contributed by atoms with Crippen molar-refractivity contribution in [3.05, 3.63) is 28.3 Å². The lowest BCUT2D eigenvalue weighted by atomic mass is 9.87. The SMILES string of the molecule is COc1ccc(NC(=O)[C@H](N)C(C)(C)C)cc1[N+](=O)[O-]. The van der Waals surface area contributed by atoms with Crippen LogP contribution in [-0.2, 0) is 4.79 Å². The van der Waals surface area contributed by atoms with Crippen molar-refractivity contribution in [3.63, 3.8) is 0 Å². The first-order valence-corrected chi connectivity index (χ1v) is 6.05. The Hall–Kier alpha value is -2.15. The van der Waals surface area contributed by atoms with Gasteiger partial charge in [0.05, 0.1) is 18.1 Å². The van der Waals surface area contributed by atoms with Crippen LogP contribution in [0.2, 0.25) is 0 Å². The molecule has 0 spiro atoms. The number of nitrogens with one attached hydrogen (secondary N) is 1. The van der Waals surface area contributed by atoms with E-state index in [2.05, 4.69) is 5.32 Å². The average Bonchev–Trinajstić information content (AvgIpc) is 2.36. The molecule has 20 heavy (non-hydrogen) atoms. The van der Waals surface area contributed by atoms with Crippen molar-refractivity contribution < 1.29 is 14.5 Å². The molecule has 1 amide bonds. The van der Waals surface area contributed by atoms with Crippen LogP contribution in [0.4, 0.5) is 11.4 Å². The molecule has 7 nitrogen and oxygen atoms in total. The molecule has 0 radical (unpaired) electrons. The molecule has 0 unspecified atom stereocenters. The van der Waals surface area contributed by atoms with Gasteiger partial charge in [0, 0.05) is 11.8 Å². The number of rotatable bonds is 4. The van der Waals surface area contributed by atoms with Crippen LogP contribution in [0.15, 0.2) is 18.2 Å². The molecule has 0 bridgehead atoms. The highest BCUT2D eigenvalue weighted by molar-refractivity contribution is 5.95.